The van der Waals surface area contributed by atoms with Crippen LogP contribution >= 0.6 is 0 Å². The minimum Gasteiger partial charge on any atom is -0.387 e. The van der Waals surface area contributed by atoms with Crippen molar-refractivity contribution in [1.82, 2.24) is 19.9 Å². The highest BCUT2D eigenvalue weighted by Gasteiger charge is 2.17. The van der Waals surface area contributed by atoms with E-state index in [0.717, 1.165) is 6.07 Å². The van der Waals surface area contributed by atoms with E-state index in [1.54, 1.807) is 0 Å². The van der Waals surface area contributed by atoms with Crippen molar-refractivity contribution in [3.05, 3.63) is 38.3 Å². The third kappa shape index (κ3) is 2.55. The van der Waals surface area contributed by atoms with Crippen LogP contribution in [0.3, 0.4) is 0 Å². The van der Waals surface area contributed by atoms with Crippen LogP contribution in [0.2, 0.25) is 0 Å². The number of H-pyrrole nitrogens is 3. The number of hydrogen-bond acceptors (Lipinski definition) is 7. The van der Waals surface area contributed by atoms with Crippen molar-refractivity contribution >= 4 is 17.7 Å². The molecule has 104 valence electrons. The lowest BCUT2D eigenvalue weighted by atomic mass is 10.4. The molecule has 2 aromatic heterocycles. The van der Waals surface area contributed by atoms with Crippen LogP contribution in [0.25, 0.3) is 0 Å². The van der Waals surface area contributed by atoms with E-state index >= 15 is 0 Å². The van der Waals surface area contributed by atoms with E-state index in [9.17, 15) is 19.2 Å². The summed E-state index contributed by atoms with van der Waals surface area (Å²) in [5, 5.41) is 0. The molecule has 11 nitrogen and oxygen atoms in total. The average Bonchev–Trinajstić information content (AvgIpc) is 2.69. The lowest BCUT2D eigenvalue weighted by Gasteiger charge is -1.99. The van der Waals surface area contributed by atoms with E-state index in [-0.39, 0.29) is 11.5 Å². The van der Waals surface area contributed by atoms with Crippen molar-refractivity contribution in [2.45, 2.75) is 0 Å². The number of anilines is 1. The Kier molecular flexibility index (Phi) is 3.08. The standard InChI is InChI=1S/C9H8N6O5/c10-5-4(6(11)17)14-9(15-5)20-7(18)2-1-3(16)13-8(19)12-2/h1H,10H2,(H2,11,17)(H,14,15)(H2,12,13,16,19). The lowest BCUT2D eigenvalue weighted by molar-refractivity contribution is 0.0712. The summed E-state index contributed by atoms with van der Waals surface area (Å²) >= 11 is 0. The molecule has 0 aromatic carbocycles. The molecule has 0 aliphatic rings. The van der Waals surface area contributed by atoms with Gasteiger partial charge in [-0.05, 0) is 0 Å². The summed E-state index contributed by atoms with van der Waals surface area (Å²) in [7, 11) is 0. The Balaban J connectivity index is 2.28. The molecule has 1 amide bonds. The monoisotopic (exact) mass is 280 g/mol. The zero-order chi connectivity index (χ0) is 14.9. The van der Waals surface area contributed by atoms with Crippen molar-refractivity contribution in [2.24, 2.45) is 5.73 Å². The largest absolute Gasteiger partial charge is 0.387 e. The molecule has 0 saturated carbocycles. The highest BCUT2D eigenvalue weighted by Crippen LogP contribution is 2.13. The van der Waals surface area contributed by atoms with Gasteiger partial charge in [0.25, 0.3) is 11.5 Å². The predicted octanol–water partition coefficient (Wildman–Crippen LogP) is -2.31. The second kappa shape index (κ2) is 4.72. The fraction of sp³-hybridized carbons (Fsp3) is 0. The Labute approximate surface area is 109 Å². The van der Waals surface area contributed by atoms with Gasteiger partial charge >= 0.3 is 17.7 Å². The van der Waals surface area contributed by atoms with Gasteiger partial charge in [0.05, 0.1) is 0 Å². The highest BCUT2D eigenvalue weighted by atomic mass is 16.5. The second-order valence-corrected chi connectivity index (χ2v) is 3.56. The Morgan fingerprint density at radius 3 is 2.45 bits per heavy atom. The lowest BCUT2D eigenvalue weighted by Crippen LogP contribution is -2.26. The zero-order valence-corrected chi connectivity index (χ0v) is 9.72. The zero-order valence-electron chi connectivity index (χ0n) is 9.72. The van der Waals surface area contributed by atoms with Gasteiger partial charge in [-0.1, -0.05) is 0 Å². The summed E-state index contributed by atoms with van der Waals surface area (Å²) in [6, 6.07) is 0.424. The summed E-state index contributed by atoms with van der Waals surface area (Å²) in [6.45, 7) is 0. The number of nitrogen functional groups attached to an aromatic ring is 1. The number of nitrogens with zero attached hydrogens (tertiary/aromatic N) is 1. The van der Waals surface area contributed by atoms with Crippen LogP contribution in [-0.4, -0.2) is 31.8 Å². The number of carbonyl (C=O) groups excluding carboxylic acids is 2. The maximum absolute atomic E-state index is 11.6. The Morgan fingerprint density at radius 1 is 1.20 bits per heavy atom. The fourth-order valence-corrected chi connectivity index (χ4v) is 1.32. The van der Waals surface area contributed by atoms with Gasteiger partial charge in [0.2, 0.25) is 0 Å². The van der Waals surface area contributed by atoms with Crippen LogP contribution in [0.1, 0.15) is 21.0 Å². The van der Waals surface area contributed by atoms with Crippen molar-refractivity contribution in [2.75, 3.05) is 5.73 Å². The molecule has 7 N–H and O–H groups in total. The number of rotatable bonds is 3. The van der Waals surface area contributed by atoms with E-state index in [1.807, 2.05) is 4.98 Å². The molecule has 20 heavy (non-hydrogen) atoms. The molecule has 2 aromatic rings. The highest BCUT2D eigenvalue weighted by molar-refractivity contribution is 5.95. The first-order valence-corrected chi connectivity index (χ1v) is 5.08. The summed E-state index contributed by atoms with van der Waals surface area (Å²) in [5.74, 6) is -2.21. The molecule has 0 aliphatic heterocycles. The number of aromatic nitrogens is 4. The van der Waals surface area contributed by atoms with E-state index in [1.165, 1.54) is 0 Å². The molecule has 0 radical (unpaired) electrons. The molecular formula is C9H8N6O5. The third-order valence-corrected chi connectivity index (χ3v) is 2.13. The first kappa shape index (κ1) is 13.1. The molecule has 0 unspecified atom stereocenters. The number of esters is 1. The van der Waals surface area contributed by atoms with Crippen molar-refractivity contribution in [3.8, 4) is 6.01 Å². The van der Waals surface area contributed by atoms with E-state index in [4.69, 9.17) is 16.2 Å². The SMILES string of the molecule is NC(=O)c1[nH]c(OC(=O)c2cc(=O)[nH]c(=O)[nH]2)nc1N. The number of nitrogens with two attached hydrogens (primary N) is 2. The van der Waals surface area contributed by atoms with Gasteiger partial charge in [-0.2, -0.15) is 4.98 Å². The molecule has 0 saturated heterocycles. The summed E-state index contributed by atoms with van der Waals surface area (Å²) in [4.78, 5) is 54.3. The van der Waals surface area contributed by atoms with Gasteiger partial charge in [-0.15, -0.1) is 0 Å². The van der Waals surface area contributed by atoms with Crippen molar-refractivity contribution < 1.29 is 14.3 Å². The van der Waals surface area contributed by atoms with Crippen molar-refractivity contribution in [3.63, 3.8) is 0 Å². The van der Waals surface area contributed by atoms with Gasteiger partial charge in [0.15, 0.2) is 11.5 Å². The second-order valence-electron chi connectivity index (χ2n) is 3.56. The number of imidazole rings is 1. The number of hydrogen-bond donors (Lipinski definition) is 5. The topological polar surface area (TPSA) is 190 Å². The Bertz CT molecular complexity index is 771. The minimum absolute atomic E-state index is 0.229. The van der Waals surface area contributed by atoms with Gasteiger partial charge < -0.3 is 26.2 Å². The number of aromatic amines is 3. The van der Waals surface area contributed by atoms with Crippen LogP contribution in [-0.2, 0) is 0 Å². The minimum atomic E-state index is -1.07. The summed E-state index contributed by atoms with van der Waals surface area (Å²) in [5.41, 5.74) is 8.07. The van der Waals surface area contributed by atoms with E-state index in [2.05, 4.69) is 15.0 Å². The Hall–Kier alpha value is -3.37. The molecule has 2 rings (SSSR count). The maximum atomic E-state index is 11.6. The normalized spacial score (nSPS) is 10.2. The smallest absolute Gasteiger partial charge is 0.362 e. The van der Waals surface area contributed by atoms with Crippen LogP contribution < -0.4 is 27.5 Å². The van der Waals surface area contributed by atoms with Gasteiger partial charge in [-0.25, -0.2) is 9.59 Å². The van der Waals surface area contributed by atoms with Crippen LogP contribution in [0.15, 0.2) is 15.7 Å². The van der Waals surface area contributed by atoms with Gasteiger partial charge in [-0.3, -0.25) is 14.6 Å². The first-order chi connectivity index (χ1) is 9.36. The molecular weight excluding hydrogens is 272 g/mol. The number of ether oxygens (including phenoxy) is 1. The number of primary amides is 1. The fourth-order valence-electron chi connectivity index (χ4n) is 1.32. The molecule has 2 heterocycles. The summed E-state index contributed by atoms with van der Waals surface area (Å²) in [6.07, 6.45) is 0. The average molecular weight is 280 g/mol. The molecule has 0 fully saturated rings. The van der Waals surface area contributed by atoms with Crippen LogP contribution in [0, 0.1) is 0 Å². The van der Waals surface area contributed by atoms with Crippen LogP contribution in [0.4, 0.5) is 5.82 Å². The maximum Gasteiger partial charge on any atom is 0.362 e. The van der Waals surface area contributed by atoms with Gasteiger partial charge in [0.1, 0.15) is 5.69 Å². The first-order valence-electron chi connectivity index (χ1n) is 5.08. The molecule has 0 bridgehead atoms. The molecule has 0 spiro atoms. The van der Waals surface area contributed by atoms with Crippen LogP contribution in [0.5, 0.6) is 6.01 Å². The summed E-state index contributed by atoms with van der Waals surface area (Å²) < 4.78 is 4.71. The molecule has 0 aliphatic carbocycles. The number of amides is 1. The number of carbonyl (C=O) groups is 2. The van der Waals surface area contributed by atoms with Crippen molar-refractivity contribution in [1.29, 1.82) is 0 Å². The predicted molar refractivity (Wildman–Crippen MR) is 64.2 cm³/mol. The number of nitrogens with one attached hydrogen (secondary N) is 3. The third-order valence-electron chi connectivity index (χ3n) is 2.13. The van der Waals surface area contributed by atoms with E-state index < -0.39 is 34.8 Å². The molecule has 0 atom stereocenters. The quantitative estimate of drug-likeness (QED) is 0.390. The van der Waals surface area contributed by atoms with Gasteiger partial charge in [0, 0.05) is 6.07 Å². The van der Waals surface area contributed by atoms with E-state index in [0.29, 0.717) is 0 Å². The Morgan fingerprint density at radius 2 is 1.90 bits per heavy atom. The molecule has 11 heteroatoms.